The molecule has 0 fully saturated rings. The molecule has 0 heterocycles. The minimum absolute atomic E-state index is 0.0461. The number of aliphatic hydroxyl groups is 1. The van der Waals surface area contributed by atoms with Gasteiger partial charge in [-0.1, -0.05) is 63.3 Å². The minimum atomic E-state index is -4.56. The fourth-order valence-corrected chi connectivity index (χ4v) is 4.67. The molecule has 0 radical (unpaired) electrons. The van der Waals surface area contributed by atoms with Crippen molar-refractivity contribution in [3.63, 3.8) is 0 Å². The van der Waals surface area contributed by atoms with Gasteiger partial charge in [-0.25, -0.2) is 0 Å². The second-order valence-electron chi connectivity index (χ2n) is 9.65. The normalized spacial score (nSPS) is 15.3. The Morgan fingerprint density at radius 1 is 0.733 bits per heavy atom. The lowest BCUT2D eigenvalue weighted by molar-refractivity contribution is -0.875. The largest absolute Gasteiger partial charge is 0.373 e. The third kappa shape index (κ3) is 16.3. The molecule has 178 valence electrons. The molecule has 5 nitrogen and oxygen atoms in total. The van der Waals surface area contributed by atoms with Gasteiger partial charge >= 0.3 is 7.60 Å². The van der Waals surface area contributed by atoms with Crippen LogP contribution in [0.5, 0.6) is 0 Å². The van der Waals surface area contributed by atoms with Crippen LogP contribution in [0.3, 0.4) is 0 Å². The molecule has 0 saturated heterocycles. The molecule has 0 aliphatic carbocycles. The third-order valence-electron chi connectivity index (χ3n) is 5.27. The van der Waals surface area contributed by atoms with Crippen LogP contribution in [-0.4, -0.2) is 52.4 Å². The third-order valence-corrected chi connectivity index (χ3v) is 6.72. The van der Waals surface area contributed by atoms with E-state index in [4.69, 9.17) is 0 Å². The van der Waals surface area contributed by atoms with Gasteiger partial charge in [-0.05, 0) is 57.8 Å². The van der Waals surface area contributed by atoms with Crippen LogP contribution in [-0.2, 0) is 4.57 Å². The highest BCUT2D eigenvalue weighted by Gasteiger charge is 2.48. The molecular formula is C24H49NO4P+. The summed E-state index contributed by atoms with van der Waals surface area (Å²) in [4.78, 5) is 19.1. The van der Waals surface area contributed by atoms with E-state index in [1.807, 2.05) is 21.1 Å². The molecule has 0 aromatic carbocycles. The Labute approximate surface area is 186 Å². The Balaban J connectivity index is 3.78. The molecule has 0 saturated carbocycles. The van der Waals surface area contributed by atoms with Crippen molar-refractivity contribution in [3.8, 4) is 0 Å². The van der Waals surface area contributed by atoms with E-state index in [0.717, 1.165) is 32.1 Å². The maximum atomic E-state index is 11.8. The number of allylic oxidation sites excluding steroid dienone is 4. The Bertz CT molecular complexity index is 522. The van der Waals surface area contributed by atoms with Gasteiger partial charge in [0.2, 0.25) is 5.34 Å². The molecule has 6 heteroatoms. The Kier molecular flexibility index (Phi) is 16.0. The topological polar surface area (TPSA) is 77.8 Å². The van der Waals surface area contributed by atoms with Crippen molar-refractivity contribution >= 4 is 7.60 Å². The molecule has 0 amide bonds. The van der Waals surface area contributed by atoms with Gasteiger partial charge in [0, 0.05) is 0 Å². The van der Waals surface area contributed by atoms with Crippen molar-refractivity contribution in [3.05, 3.63) is 24.3 Å². The fourth-order valence-electron chi connectivity index (χ4n) is 3.61. The van der Waals surface area contributed by atoms with Crippen LogP contribution < -0.4 is 0 Å². The van der Waals surface area contributed by atoms with Crippen LogP contribution in [0.2, 0.25) is 0 Å². The van der Waals surface area contributed by atoms with Crippen LogP contribution in [0.1, 0.15) is 96.8 Å². The van der Waals surface area contributed by atoms with Crippen LogP contribution in [0, 0.1) is 0 Å². The molecule has 0 aromatic heterocycles. The molecule has 0 aliphatic rings. The van der Waals surface area contributed by atoms with Crippen LogP contribution in [0.25, 0.3) is 0 Å². The average molecular weight is 447 g/mol. The first-order valence-corrected chi connectivity index (χ1v) is 13.5. The number of hydrogen-bond acceptors (Lipinski definition) is 2. The summed E-state index contributed by atoms with van der Waals surface area (Å²) in [6.07, 6.45) is 24.0. The average Bonchev–Trinajstić information content (AvgIpc) is 2.62. The van der Waals surface area contributed by atoms with Gasteiger partial charge in [0.05, 0.1) is 21.1 Å². The maximum Gasteiger partial charge on any atom is 0.362 e. The van der Waals surface area contributed by atoms with E-state index in [0.29, 0.717) is 10.9 Å². The van der Waals surface area contributed by atoms with Gasteiger partial charge in [-0.3, -0.25) is 4.57 Å². The highest BCUT2D eigenvalue weighted by Crippen LogP contribution is 2.52. The van der Waals surface area contributed by atoms with E-state index in [2.05, 4.69) is 31.2 Å². The standard InChI is InChI=1S/C24H48NO4P/c1-5-6-7-8-9-10-11-12-13-14-15-16-17-18-19-20-21-22-24(26,30(27,28)29)23-25(2,3)4/h11-12,16-17,26H,5-10,13-15,18-23H2,1-4H3,(H-,27,28,29)/p+1/b12-11-,17-16-. The van der Waals surface area contributed by atoms with Crippen molar-refractivity contribution < 1.29 is 23.9 Å². The summed E-state index contributed by atoms with van der Waals surface area (Å²) in [6, 6.07) is 0. The molecular weight excluding hydrogens is 397 g/mol. The predicted molar refractivity (Wildman–Crippen MR) is 128 cm³/mol. The smallest absolute Gasteiger partial charge is 0.362 e. The Hall–Kier alpha value is -0.450. The molecule has 0 rings (SSSR count). The number of likely N-dealkylation sites (N-methyl/N-ethyl adjacent to an activating group) is 1. The lowest BCUT2D eigenvalue weighted by Gasteiger charge is -2.35. The van der Waals surface area contributed by atoms with Gasteiger partial charge in [-0.2, -0.15) is 0 Å². The van der Waals surface area contributed by atoms with Crippen molar-refractivity contribution in [2.75, 3.05) is 27.7 Å². The molecule has 0 aromatic rings. The first-order valence-electron chi connectivity index (χ1n) is 11.9. The van der Waals surface area contributed by atoms with E-state index in [9.17, 15) is 19.5 Å². The Morgan fingerprint density at radius 3 is 1.60 bits per heavy atom. The van der Waals surface area contributed by atoms with E-state index in [1.165, 1.54) is 44.9 Å². The summed E-state index contributed by atoms with van der Waals surface area (Å²) < 4.78 is 12.1. The number of unbranched alkanes of at least 4 members (excludes halogenated alkanes) is 10. The zero-order valence-electron chi connectivity index (χ0n) is 20.1. The summed E-state index contributed by atoms with van der Waals surface area (Å²) in [6.45, 7) is 2.29. The zero-order chi connectivity index (χ0) is 22.9. The van der Waals surface area contributed by atoms with Gasteiger partial charge in [0.25, 0.3) is 0 Å². The Morgan fingerprint density at radius 2 is 1.17 bits per heavy atom. The molecule has 0 aliphatic heterocycles. The van der Waals surface area contributed by atoms with Gasteiger partial charge in [-0.15, -0.1) is 0 Å². The highest BCUT2D eigenvalue weighted by molar-refractivity contribution is 7.53. The molecule has 3 N–H and O–H groups in total. The van der Waals surface area contributed by atoms with Crippen LogP contribution in [0.15, 0.2) is 24.3 Å². The first-order chi connectivity index (χ1) is 14.0. The SMILES string of the molecule is CCCCCCC/C=C\CCC/C=C\CCCCCC(O)(C[N+](C)(C)C)P(=O)(O)O. The molecule has 0 bridgehead atoms. The molecule has 1 unspecified atom stereocenters. The summed E-state index contributed by atoms with van der Waals surface area (Å²) in [7, 11) is 0.933. The number of nitrogens with zero attached hydrogens (tertiary/aromatic N) is 1. The lowest BCUT2D eigenvalue weighted by atomic mass is 10.1. The lowest BCUT2D eigenvalue weighted by Crippen LogP contribution is -2.49. The summed E-state index contributed by atoms with van der Waals surface area (Å²) in [5.74, 6) is 0. The van der Waals surface area contributed by atoms with Crippen molar-refractivity contribution in [2.24, 2.45) is 0 Å². The van der Waals surface area contributed by atoms with E-state index in [-0.39, 0.29) is 13.0 Å². The molecule has 30 heavy (non-hydrogen) atoms. The maximum absolute atomic E-state index is 11.8. The van der Waals surface area contributed by atoms with Gasteiger partial charge < -0.3 is 19.4 Å². The predicted octanol–water partition coefficient (Wildman–Crippen LogP) is 6.15. The van der Waals surface area contributed by atoms with E-state index < -0.39 is 12.9 Å². The van der Waals surface area contributed by atoms with E-state index >= 15 is 0 Å². The second kappa shape index (κ2) is 16.2. The zero-order valence-corrected chi connectivity index (χ0v) is 21.0. The second-order valence-corrected chi connectivity index (χ2v) is 11.6. The van der Waals surface area contributed by atoms with Crippen molar-refractivity contribution in [1.82, 2.24) is 0 Å². The van der Waals surface area contributed by atoms with Crippen molar-refractivity contribution in [2.45, 2.75) is 102 Å². The van der Waals surface area contributed by atoms with Gasteiger partial charge in [0.1, 0.15) is 6.54 Å². The number of hydrogen-bond donors (Lipinski definition) is 3. The number of rotatable bonds is 19. The van der Waals surface area contributed by atoms with E-state index in [1.54, 1.807) is 0 Å². The molecule has 0 spiro atoms. The highest BCUT2D eigenvalue weighted by atomic mass is 31.2. The fraction of sp³-hybridized carbons (Fsp3) is 0.833. The van der Waals surface area contributed by atoms with Gasteiger partial charge in [0.15, 0.2) is 0 Å². The quantitative estimate of drug-likeness (QED) is 0.0962. The number of quaternary nitrogens is 1. The van der Waals surface area contributed by atoms with Crippen molar-refractivity contribution in [1.29, 1.82) is 0 Å². The molecule has 1 atom stereocenters. The minimum Gasteiger partial charge on any atom is -0.373 e. The van der Waals surface area contributed by atoms with Crippen LogP contribution in [0.4, 0.5) is 0 Å². The monoisotopic (exact) mass is 446 g/mol. The summed E-state index contributed by atoms with van der Waals surface area (Å²) >= 11 is 0. The van der Waals surface area contributed by atoms with Crippen LogP contribution >= 0.6 is 7.60 Å². The first kappa shape index (κ1) is 29.5. The summed E-state index contributed by atoms with van der Waals surface area (Å²) in [5, 5.41) is 8.58. The summed E-state index contributed by atoms with van der Waals surface area (Å²) in [5.41, 5.74) is 0.